The van der Waals surface area contributed by atoms with E-state index < -0.39 is 0 Å². The zero-order chi connectivity index (χ0) is 13.2. The molecule has 1 atom stereocenters. The van der Waals surface area contributed by atoms with E-state index in [-0.39, 0.29) is 18.3 Å². The van der Waals surface area contributed by atoms with Crippen molar-refractivity contribution in [2.24, 2.45) is 5.92 Å². The molecule has 2 aliphatic rings. The van der Waals surface area contributed by atoms with Gasteiger partial charge in [0.15, 0.2) is 0 Å². The van der Waals surface area contributed by atoms with Crippen molar-refractivity contribution in [1.82, 2.24) is 10.2 Å². The lowest BCUT2D eigenvalue weighted by Crippen LogP contribution is -2.30. The smallest absolute Gasteiger partial charge is 0.253 e. The zero-order valence-corrected chi connectivity index (χ0v) is 12.8. The van der Waals surface area contributed by atoms with Crippen LogP contribution in [0.15, 0.2) is 18.2 Å². The molecule has 1 fully saturated rings. The van der Waals surface area contributed by atoms with Crippen LogP contribution < -0.4 is 5.32 Å². The number of nitrogens with one attached hydrogen (secondary N) is 1. The SMILES string of the molecule is CNCC1CCN(C(=O)c2ccc3c(c2)CCC3)C1.Cl. The maximum absolute atomic E-state index is 12.5. The van der Waals surface area contributed by atoms with Crippen LogP contribution >= 0.6 is 12.4 Å². The van der Waals surface area contributed by atoms with Crippen LogP contribution in [-0.2, 0) is 12.8 Å². The van der Waals surface area contributed by atoms with Crippen molar-refractivity contribution >= 4 is 18.3 Å². The Morgan fingerprint density at radius 2 is 2.15 bits per heavy atom. The first kappa shape index (κ1) is 15.3. The molecule has 3 nitrogen and oxygen atoms in total. The number of rotatable bonds is 3. The first-order chi connectivity index (χ1) is 9.28. The van der Waals surface area contributed by atoms with Gasteiger partial charge in [0.2, 0.25) is 0 Å². The summed E-state index contributed by atoms with van der Waals surface area (Å²) in [4.78, 5) is 14.5. The van der Waals surface area contributed by atoms with Crippen molar-refractivity contribution < 1.29 is 4.79 Å². The van der Waals surface area contributed by atoms with Crippen molar-refractivity contribution in [3.63, 3.8) is 0 Å². The Balaban J connectivity index is 0.00000147. The number of hydrogen-bond acceptors (Lipinski definition) is 2. The number of fused-ring (bicyclic) bond motifs is 1. The fourth-order valence-electron chi connectivity index (χ4n) is 3.36. The number of hydrogen-bond donors (Lipinski definition) is 1. The Labute approximate surface area is 127 Å². The molecule has 4 heteroatoms. The molecule has 1 amide bonds. The van der Waals surface area contributed by atoms with Gasteiger partial charge in [0, 0.05) is 18.7 Å². The molecule has 0 spiro atoms. The predicted octanol–water partition coefficient (Wildman–Crippen LogP) is 2.28. The van der Waals surface area contributed by atoms with Crippen LogP contribution in [0, 0.1) is 5.92 Å². The number of carbonyl (C=O) groups excluding carboxylic acids is 1. The van der Waals surface area contributed by atoms with Crippen molar-refractivity contribution in [2.75, 3.05) is 26.7 Å². The molecular formula is C16H23ClN2O. The van der Waals surface area contributed by atoms with Crippen molar-refractivity contribution in [3.8, 4) is 0 Å². The minimum absolute atomic E-state index is 0. The van der Waals surface area contributed by atoms with E-state index in [2.05, 4.69) is 17.4 Å². The van der Waals surface area contributed by atoms with Crippen LogP contribution in [0.2, 0.25) is 0 Å². The molecule has 1 N–H and O–H groups in total. The monoisotopic (exact) mass is 294 g/mol. The van der Waals surface area contributed by atoms with E-state index in [0.717, 1.165) is 38.0 Å². The lowest BCUT2D eigenvalue weighted by atomic mass is 10.1. The van der Waals surface area contributed by atoms with Gasteiger partial charge in [-0.25, -0.2) is 0 Å². The van der Waals surface area contributed by atoms with Crippen molar-refractivity contribution in [1.29, 1.82) is 0 Å². The highest BCUT2D eigenvalue weighted by Crippen LogP contribution is 2.24. The third-order valence-corrected chi connectivity index (χ3v) is 4.41. The van der Waals surface area contributed by atoms with E-state index in [9.17, 15) is 4.79 Å². The van der Waals surface area contributed by atoms with Gasteiger partial charge in [0.25, 0.3) is 5.91 Å². The Hall–Kier alpha value is -1.06. The van der Waals surface area contributed by atoms with E-state index in [4.69, 9.17) is 0 Å². The molecule has 3 rings (SSSR count). The van der Waals surface area contributed by atoms with Crippen molar-refractivity contribution in [3.05, 3.63) is 34.9 Å². The molecule has 1 aromatic rings. The van der Waals surface area contributed by atoms with Gasteiger partial charge in [-0.3, -0.25) is 4.79 Å². The molecule has 1 aliphatic heterocycles. The summed E-state index contributed by atoms with van der Waals surface area (Å²) in [5.41, 5.74) is 3.70. The average Bonchev–Trinajstić information content (AvgIpc) is 3.05. The van der Waals surface area contributed by atoms with Crippen LogP contribution in [-0.4, -0.2) is 37.5 Å². The molecule has 1 saturated heterocycles. The molecule has 0 bridgehead atoms. The van der Waals surface area contributed by atoms with Crippen LogP contribution in [0.4, 0.5) is 0 Å². The molecule has 0 saturated carbocycles. The normalized spacial score (nSPS) is 20.6. The van der Waals surface area contributed by atoms with Gasteiger partial charge in [0.05, 0.1) is 0 Å². The van der Waals surface area contributed by atoms with E-state index in [1.807, 2.05) is 18.0 Å². The van der Waals surface area contributed by atoms with Gasteiger partial charge in [0.1, 0.15) is 0 Å². The Morgan fingerprint density at radius 1 is 1.35 bits per heavy atom. The second kappa shape index (κ2) is 6.59. The summed E-state index contributed by atoms with van der Waals surface area (Å²) in [6.45, 7) is 2.81. The molecule has 1 heterocycles. The Kier molecular flexibility index (Phi) is 5.06. The molecule has 110 valence electrons. The van der Waals surface area contributed by atoms with E-state index in [1.165, 1.54) is 24.0 Å². The van der Waals surface area contributed by atoms with Crippen LogP contribution in [0.1, 0.15) is 34.3 Å². The number of carbonyl (C=O) groups is 1. The maximum atomic E-state index is 12.5. The summed E-state index contributed by atoms with van der Waals surface area (Å²) in [5, 5.41) is 3.20. The predicted molar refractivity (Wildman–Crippen MR) is 83.7 cm³/mol. The van der Waals surface area contributed by atoms with Crippen LogP contribution in [0.3, 0.4) is 0 Å². The van der Waals surface area contributed by atoms with Crippen LogP contribution in [0.25, 0.3) is 0 Å². The van der Waals surface area contributed by atoms with Gasteiger partial charge in [-0.15, -0.1) is 12.4 Å². The molecule has 1 unspecified atom stereocenters. The summed E-state index contributed by atoms with van der Waals surface area (Å²) in [6, 6.07) is 6.28. The molecular weight excluding hydrogens is 272 g/mol. The van der Waals surface area contributed by atoms with Gasteiger partial charge in [-0.05, 0) is 68.5 Å². The molecule has 0 aromatic heterocycles. The zero-order valence-electron chi connectivity index (χ0n) is 12.0. The summed E-state index contributed by atoms with van der Waals surface area (Å²) in [6.07, 6.45) is 4.68. The molecule has 1 aliphatic carbocycles. The van der Waals surface area contributed by atoms with Gasteiger partial charge >= 0.3 is 0 Å². The maximum Gasteiger partial charge on any atom is 0.253 e. The number of amides is 1. The summed E-state index contributed by atoms with van der Waals surface area (Å²) >= 11 is 0. The largest absolute Gasteiger partial charge is 0.338 e. The van der Waals surface area contributed by atoms with E-state index in [0.29, 0.717) is 5.92 Å². The topological polar surface area (TPSA) is 32.3 Å². The second-order valence-electron chi connectivity index (χ2n) is 5.80. The number of likely N-dealkylation sites (tertiary alicyclic amines) is 1. The summed E-state index contributed by atoms with van der Waals surface area (Å²) < 4.78 is 0. The van der Waals surface area contributed by atoms with Gasteiger partial charge in [-0.1, -0.05) is 6.07 Å². The average molecular weight is 295 g/mol. The van der Waals surface area contributed by atoms with Crippen LogP contribution in [0.5, 0.6) is 0 Å². The third kappa shape index (κ3) is 2.99. The number of nitrogens with zero attached hydrogens (tertiary/aromatic N) is 1. The lowest BCUT2D eigenvalue weighted by molar-refractivity contribution is 0.0787. The molecule has 20 heavy (non-hydrogen) atoms. The fourth-order valence-corrected chi connectivity index (χ4v) is 3.36. The van der Waals surface area contributed by atoms with Crippen molar-refractivity contribution in [2.45, 2.75) is 25.7 Å². The molecule has 1 aromatic carbocycles. The van der Waals surface area contributed by atoms with Gasteiger partial charge in [-0.2, -0.15) is 0 Å². The minimum atomic E-state index is 0. The lowest BCUT2D eigenvalue weighted by Gasteiger charge is -2.17. The Bertz CT molecular complexity index is 489. The first-order valence-corrected chi connectivity index (χ1v) is 7.33. The summed E-state index contributed by atoms with van der Waals surface area (Å²) in [7, 11) is 1.98. The standard InChI is InChI=1S/C16H22N2O.ClH/c1-17-10-12-7-8-18(11-12)16(19)15-6-5-13-3-2-4-14(13)9-15;/h5-6,9,12,17H,2-4,7-8,10-11H2,1H3;1H. The third-order valence-electron chi connectivity index (χ3n) is 4.41. The fraction of sp³-hybridized carbons (Fsp3) is 0.562. The number of aryl methyl sites for hydroxylation is 2. The first-order valence-electron chi connectivity index (χ1n) is 7.33. The second-order valence-corrected chi connectivity index (χ2v) is 5.80. The van der Waals surface area contributed by atoms with E-state index >= 15 is 0 Å². The quantitative estimate of drug-likeness (QED) is 0.927. The highest BCUT2D eigenvalue weighted by molar-refractivity contribution is 5.94. The highest BCUT2D eigenvalue weighted by Gasteiger charge is 2.26. The minimum Gasteiger partial charge on any atom is -0.338 e. The number of halogens is 1. The van der Waals surface area contributed by atoms with Gasteiger partial charge < -0.3 is 10.2 Å². The van der Waals surface area contributed by atoms with E-state index in [1.54, 1.807) is 0 Å². The number of benzene rings is 1. The summed E-state index contributed by atoms with van der Waals surface area (Å²) in [5.74, 6) is 0.830. The highest BCUT2D eigenvalue weighted by atomic mass is 35.5. The Morgan fingerprint density at radius 3 is 2.95 bits per heavy atom. The molecule has 0 radical (unpaired) electrons.